The van der Waals surface area contributed by atoms with Gasteiger partial charge in [-0.25, -0.2) is 0 Å². The average molecular weight is 275 g/mol. The molecule has 3 heteroatoms. The number of ketones is 1. The number of hydrogen-bond donors (Lipinski definition) is 0. The largest absolute Gasteiger partial charge is 0.497 e. The van der Waals surface area contributed by atoms with E-state index in [1.54, 1.807) is 7.11 Å². The van der Waals surface area contributed by atoms with E-state index in [1.807, 2.05) is 24.3 Å². The van der Waals surface area contributed by atoms with Gasteiger partial charge in [0.1, 0.15) is 5.75 Å². The summed E-state index contributed by atoms with van der Waals surface area (Å²) >= 11 is 0. The molecule has 0 radical (unpaired) electrons. The van der Waals surface area contributed by atoms with Crippen LogP contribution in [0.5, 0.6) is 5.75 Å². The van der Waals surface area contributed by atoms with Crippen LogP contribution in [0, 0.1) is 5.41 Å². The molecule has 0 unspecified atom stereocenters. The normalized spacial score (nSPS) is 18.0. The molecule has 1 aliphatic carbocycles. The summed E-state index contributed by atoms with van der Waals surface area (Å²) in [6.07, 6.45) is 5.57. The standard InChI is InChI=1S/C17H25NO2/c1-18(2)13-17(10-5-4-6-11-17)16(19)14-8-7-9-15(12-14)20-3/h7-9,12H,4-6,10-11,13H2,1-3H3. The molecule has 0 atom stereocenters. The van der Waals surface area contributed by atoms with Crippen molar-refractivity contribution in [2.45, 2.75) is 32.1 Å². The molecule has 20 heavy (non-hydrogen) atoms. The third-order valence-electron chi connectivity index (χ3n) is 4.24. The number of ether oxygens (including phenoxy) is 1. The van der Waals surface area contributed by atoms with E-state index in [1.165, 1.54) is 6.42 Å². The Balaban J connectivity index is 2.29. The van der Waals surface area contributed by atoms with E-state index < -0.39 is 0 Å². The highest BCUT2D eigenvalue weighted by molar-refractivity contribution is 6.01. The fourth-order valence-electron chi connectivity index (χ4n) is 3.36. The molecule has 3 nitrogen and oxygen atoms in total. The Bertz CT molecular complexity index is 462. The lowest BCUT2D eigenvalue weighted by molar-refractivity contribution is 0.0638. The van der Waals surface area contributed by atoms with Crippen molar-refractivity contribution in [3.63, 3.8) is 0 Å². The summed E-state index contributed by atoms with van der Waals surface area (Å²) in [5, 5.41) is 0. The molecular formula is C17H25NO2. The molecular weight excluding hydrogens is 250 g/mol. The maximum atomic E-state index is 13.0. The SMILES string of the molecule is COc1cccc(C(=O)C2(CN(C)C)CCCCC2)c1. The van der Waals surface area contributed by atoms with Crippen LogP contribution in [0.15, 0.2) is 24.3 Å². The zero-order valence-corrected chi connectivity index (χ0v) is 12.8. The minimum Gasteiger partial charge on any atom is -0.497 e. The van der Waals surface area contributed by atoms with Crippen LogP contribution in [-0.2, 0) is 0 Å². The van der Waals surface area contributed by atoms with Gasteiger partial charge in [-0.15, -0.1) is 0 Å². The second-order valence-corrected chi connectivity index (χ2v) is 6.14. The fourth-order valence-corrected chi connectivity index (χ4v) is 3.36. The van der Waals surface area contributed by atoms with Crippen LogP contribution in [0.1, 0.15) is 42.5 Å². The summed E-state index contributed by atoms with van der Waals surface area (Å²) in [4.78, 5) is 15.2. The molecule has 0 bridgehead atoms. The second kappa shape index (κ2) is 6.40. The highest BCUT2D eigenvalue weighted by Gasteiger charge is 2.40. The summed E-state index contributed by atoms with van der Waals surface area (Å²) in [7, 11) is 5.74. The fraction of sp³-hybridized carbons (Fsp3) is 0.588. The van der Waals surface area contributed by atoms with Gasteiger partial charge in [0.15, 0.2) is 5.78 Å². The van der Waals surface area contributed by atoms with Gasteiger partial charge in [0.25, 0.3) is 0 Å². The molecule has 0 aromatic heterocycles. The minimum absolute atomic E-state index is 0.214. The molecule has 0 N–H and O–H groups in total. The molecule has 1 aromatic carbocycles. The first-order chi connectivity index (χ1) is 9.57. The van der Waals surface area contributed by atoms with Gasteiger partial charge >= 0.3 is 0 Å². The van der Waals surface area contributed by atoms with Gasteiger partial charge in [-0.3, -0.25) is 4.79 Å². The van der Waals surface area contributed by atoms with Crippen molar-refractivity contribution in [1.29, 1.82) is 0 Å². The number of methoxy groups -OCH3 is 1. The molecule has 0 amide bonds. The molecule has 1 aromatic rings. The van der Waals surface area contributed by atoms with E-state index in [9.17, 15) is 4.79 Å². The van der Waals surface area contributed by atoms with E-state index in [4.69, 9.17) is 4.74 Å². The first-order valence-corrected chi connectivity index (χ1v) is 7.41. The van der Waals surface area contributed by atoms with E-state index in [0.717, 1.165) is 43.5 Å². The van der Waals surface area contributed by atoms with Crippen LogP contribution < -0.4 is 4.74 Å². The second-order valence-electron chi connectivity index (χ2n) is 6.14. The summed E-state index contributed by atoms with van der Waals surface area (Å²) in [5.41, 5.74) is 0.571. The van der Waals surface area contributed by atoms with Gasteiger partial charge in [0.2, 0.25) is 0 Å². The molecule has 1 fully saturated rings. The third-order valence-corrected chi connectivity index (χ3v) is 4.24. The quantitative estimate of drug-likeness (QED) is 0.771. The highest BCUT2D eigenvalue weighted by atomic mass is 16.5. The van der Waals surface area contributed by atoms with Crippen molar-refractivity contribution < 1.29 is 9.53 Å². The summed E-state index contributed by atoms with van der Waals surface area (Å²) < 4.78 is 5.24. The van der Waals surface area contributed by atoms with E-state index >= 15 is 0 Å². The zero-order valence-electron chi connectivity index (χ0n) is 12.8. The van der Waals surface area contributed by atoms with Gasteiger partial charge in [-0.05, 0) is 39.1 Å². The van der Waals surface area contributed by atoms with Gasteiger partial charge in [-0.1, -0.05) is 31.4 Å². The first-order valence-electron chi connectivity index (χ1n) is 7.41. The van der Waals surface area contributed by atoms with Crippen LogP contribution in [0.2, 0.25) is 0 Å². The van der Waals surface area contributed by atoms with Crippen molar-refractivity contribution in [3.05, 3.63) is 29.8 Å². The van der Waals surface area contributed by atoms with Crippen molar-refractivity contribution in [1.82, 2.24) is 4.90 Å². The lowest BCUT2D eigenvalue weighted by Gasteiger charge is -2.38. The van der Waals surface area contributed by atoms with Gasteiger partial charge in [0.05, 0.1) is 7.11 Å². The van der Waals surface area contributed by atoms with E-state index in [2.05, 4.69) is 19.0 Å². The summed E-state index contributed by atoms with van der Waals surface area (Å²) in [6.45, 7) is 0.836. The number of hydrogen-bond acceptors (Lipinski definition) is 3. The Hall–Kier alpha value is -1.35. The predicted octanol–water partition coefficient (Wildman–Crippen LogP) is 3.39. The maximum absolute atomic E-state index is 13.0. The zero-order chi connectivity index (χ0) is 14.6. The Labute approximate surface area is 121 Å². The van der Waals surface area contributed by atoms with Crippen LogP contribution in [0.25, 0.3) is 0 Å². The Morgan fingerprint density at radius 2 is 1.95 bits per heavy atom. The number of nitrogens with zero attached hydrogens (tertiary/aromatic N) is 1. The smallest absolute Gasteiger partial charge is 0.170 e. The van der Waals surface area contributed by atoms with Crippen LogP contribution >= 0.6 is 0 Å². The van der Waals surface area contributed by atoms with Crippen molar-refractivity contribution in [2.24, 2.45) is 5.41 Å². The average Bonchev–Trinajstić information content (AvgIpc) is 2.46. The van der Waals surface area contributed by atoms with Crippen molar-refractivity contribution in [3.8, 4) is 5.75 Å². The minimum atomic E-state index is -0.214. The first kappa shape index (κ1) is 15.0. The number of carbonyl (C=O) groups is 1. The van der Waals surface area contributed by atoms with E-state index in [0.29, 0.717) is 0 Å². The molecule has 2 rings (SSSR count). The van der Waals surface area contributed by atoms with E-state index in [-0.39, 0.29) is 11.2 Å². The molecule has 1 saturated carbocycles. The van der Waals surface area contributed by atoms with Gasteiger partial charge in [-0.2, -0.15) is 0 Å². The number of carbonyl (C=O) groups excluding carboxylic acids is 1. The number of rotatable bonds is 5. The van der Waals surface area contributed by atoms with Crippen LogP contribution in [-0.4, -0.2) is 38.4 Å². The van der Waals surface area contributed by atoms with Gasteiger partial charge < -0.3 is 9.64 Å². The summed E-state index contributed by atoms with van der Waals surface area (Å²) in [6, 6.07) is 7.57. The predicted molar refractivity (Wildman–Crippen MR) is 81.4 cm³/mol. The van der Waals surface area contributed by atoms with Crippen LogP contribution in [0.3, 0.4) is 0 Å². The molecule has 110 valence electrons. The Morgan fingerprint density at radius 1 is 1.25 bits per heavy atom. The number of benzene rings is 1. The Kier molecular flexibility index (Phi) is 4.81. The molecule has 0 heterocycles. The molecule has 1 aliphatic rings. The Morgan fingerprint density at radius 3 is 2.55 bits per heavy atom. The van der Waals surface area contributed by atoms with Crippen molar-refractivity contribution in [2.75, 3.05) is 27.7 Å². The third kappa shape index (κ3) is 3.21. The highest BCUT2D eigenvalue weighted by Crippen LogP contribution is 2.40. The molecule has 0 aliphatic heterocycles. The maximum Gasteiger partial charge on any atom is 0.170 e. The number of Topliss-reactive ketones (excluding diaryl/α,β-unsaturated/α-hetero) is 1. The molecule has 0 spiro atoms. The lowest BCUT2D eigenvalue weighted by Crippen LogP contribution is -2.42. The van der Waals surface area contributed by atoms with Crippen molar-refractivity contribution >= 4 is 5.78 Å². The lowest BCUT2D eigenvalue weighted by atomic mass is 9.69. The van der Waals surface area contributed by atoms with Gasteiger partial charge in [0, 0.05) is 17.5 Å². The topological polar surface area (TPSA) is 29.5 Å². The molecule has 0 saturated heterocycles. The monoisotopic (exact) mass is 275 g/mol. The summed E-state index contributed by atoms with van der Waals surface area (Å²) in [5.74, 6) is 1.04. The van der Waals surface area contributed by atoms with Crippen LogP contribution in [0.4, 0.5) is 0 Å².